The van der Waals surface area contributed by atoms with Gasteiger partial charge in [0.2, 0.25) is 5.91 Å². The van der Waals surface area contributed by atoms with E-state index in [2.05, 4.69) is 15.4 Å². The minimum absolute atomic E-state index is 0.0251. The van der Waals surface area contributed by atoms with Crippen LogP contribution in [0.1, 0.15) is 26.7 Å². The van der Waals surface area contributed by atoms with E-state index in [0.29, 0.717) is 12.8 Å². The third-order valence-electron chi connectivity index (χ3n) is 4.13. The minimum Gasteiger partial charge on any atom is -0.433 e. The van der Waals surface area contributed by atoms with Gasteiger partial charge in [0.25, 0.3) is 5.91 Å². The topological polar surface area (TPSA) is 87.7 Å². The van der Waals surface area contributed by atoms with Gasteiger partial charge in [-0.15, -0.1) is 0 Å². The predicted molar refractivity (Wildman–Crippen MR) is 85.3 cm³/mol. The summed E-state index contributed by atoms with van der Waals surface area (Å²) in [5, 5.41) is 4.98. The molecule has 0 aromatic heterocycles. The van der Waals surface area contributed by atoms with Crippen LogP contribution in [-0.2, 0) is 9.59 Å². The number of imide groups is 1. The van der Waals surface area contributed by atoms with E-state index in [0.717, 1.165) is 4.90 Å². The average Bonchev–Trinajstić information content (AvgIpc) is 2.81. The standard InChI is InChI=1S/C16H19F2N3O4/c1-3-16(4-2)13(23)21(15(24)20-16)9-12(22)19-10-7-5-6-8-11(10)25-14(17)18/h5-8,14H,3-4,9H2,1-2H3,(H,19,22)(H,20,24). The first-order valence-electron chi connectivity index (χ1n) is 7.80. The first kappa shape index (κ1) is 18.6. The Morgan fingerprint density at radius 1 is 1.28 bits per heavy atom. The summed E-state index contributed by atoms with van der Waals surface area (Å²) in [6, 6.07) is 5.00. The fourth-order valence-electron chi connectivity index (χ4n) is 2.65. The highest BCUT2D eigenvalue weighted by Gasteiger charge is 2.49. The van der Waals surface area contributed by atoms with Gasteiger partial charge in [0, 0.05) is 0 Å². The summed E-state index contributed by atoms with van der Waals surface area (Å²) < 4.78 is 29.1. The molecule has 1 saturated heterocycles. The molecule has 4 amide bonds. The molecule has 2 rings (SSSR count). The number of hydrogen-bond donors (Lipinski definition) is 2. The summed E-state index contributed by atoms with van der Waals surface area (Å²) in [5.41, 5.74) is -0.981. The zero-order valence-corrected chi connectivity index (χ0v) is 13.8. The molecule has 0 radical (unpaired) electrons. The first-order chi connectivity index (χ1) is 11.8. The van der Waals surface area contributed by atoms with Crippen molar-refractivity contribution in [3.05, 3.63) is 24.3 Å². The molecule has 0 aliphatic carbocycles. The number of benzene rings is 1. The highest BCUT2D eigenvalue weighted by Crippen LogP contribution is 2.27. The molecule has 1 aliphatic heterocycles. The van der Waals surface area contributed by atoms with E-state index in [9.17, 15) is 23.2 Å². The second kappa shape index (κ2) is 7.45. The highest BCUT2D eigenvalue weighted by atomic mass is 19.3. The summed E-state index contributed by atoms with van der Waals surface area (Å²) >= 11 is 0. The molecule has 0 unspecified atom stereocenters. The van der Waals surface area contributed by atoms with Gasteiger partial charge in [0.05, 0.1) is 5.69 Å². The van der Waals surface area contributed by atoms with Crippen LogP contribution in [0.5, 0.6) is 5.75 Å². The number of alkyl halides is 2. The van der Waals surface area contributed by atoms with E-state index in [1.54, 1.807) is 13.8 Å². The van der Waals surface area contributed by atoms with Crippen LogP contribution in [0.15, 0.2) is 24.3 Å². The summed E-state index contributed by atoms with van der Waals surface area (Å²) in [5.74, 6) is -1.38. The third-order valence-corrected chi connectivity index (χ3v) is 4.13. The van der Waals surface area contributed by atoms with Crippen LogP contribution >= 0.6 is 0 Å². The lowest BCUT2D eigenvalue weighted by Gasteiger charge is -2.23. The number of carbonyl (C=O) groups is 3. The van der Waals surface area contributed by atoms with Crippen LogP contribution in [-0.4, -0.2) is 41.4 Å². The molecule has 1 fully saturated rings. The number of para-hydroxylation sites is 2. The van der Waals surface area contributed by atoms with Gasteiger partial charge < -0.3 is 15.4 Å². The molecular weight excluding hydrogens is 336 g/mol. The maximum absolute atomic E-state index is 12.4. The molecule has 0 bridgehead atoms. The molecule has 1 aliphatic rings. The summed E-state index contributed by atoms with van der Waals surface area (Å²) in [4.78, 5) is 37.4. The molecule has 1 heterocycles. The van der Waals surface area contributed by atoms with Crippen molar-refractivity contribution in [1.29, 1.82) is 0 Å². The Morgan fingerprint density at radius 3 is 2.48 bits per heavy atom. The van der Waals surface area contributed by atoms with E-state index < -0.39 is 36.5 Å². The Kier molecular flexibility index (Phi) is 5.55. The molecule has 2 N–H and O–H groups in total. The van der Waals surface area contributed by atoms with Crippen molar-refractivity contribution < 1.29 is 27.9 Å². The quantitative estimate of drug-likeness (QED) is 0.735. The lowest BCUT2D eigenvalue weighted by atomic mass is 9.93. The maximum Gasteiger partial charge on any atom is 0.387 e. The van der Waals surface area contributed by atoms with E-state index in [1.807, 2.05) is 0 Å². The molecule has 25 heavy (non-hydrogen) atoms. The first-order valence-corrected chi connectivity index (χ1v) is 7.80. The summed E-state index contributed by atoms with van der Waals surface area (Å²) in [6.07, 6.45) is 0.800. The van der Waals surface area contributed by atoms with Crippen LogP contribution in [0.3, 0.4) is 0 Å². The predicted octanol–water partition coefficient (Wildman–Crippen LogP) is 2.34. The van der Waals surface area contributed by atoms with Crippen LogP contribution in [0.25, 0.3) is 0 Å². The molecule has 7 nitrogen and oxygen atoms in total. The molecule has 9 heteroatoms. The number of amides is 4. The number of nitrogens with one attached hydrogen (secondary N) is 2. The highest BCUT2D eigenvalue weighted by molar-refractivity contribution is 6.10. The second-order valence-corrected chi connectivity index (χ2v) is 5.53. The number of carbonyl (C=O) groups excluding carboxylic acids is 3. The van der Waals surface area contributed by atoms with E-state index in [-0.39, 0.29) is 11.4 Å². The number of anilines is 1. The van der Waals surface area contributed by atoms with Gasteiger partial charge in [-0.25, -0.2) is 4.79 Å². The van der Waals surface area contributed by atoms with Gasteiger partial charge in [-0.3, -0.25) is 14.5 Å². The van der Waals surface area contributed by atoms with Gasteiger partial charge in [0.15, 0.2) is 0 Å². The van der Waals surface area contributed by atoms with Crippen molar-refractivity contribution in [3.8, 4) is 5.75 Å². The number of ether oxygens (including phenoxy) is 1. The van der Waals surface area contributed by atoms with Crippen molar-refractivity contribution in [2.75, 3.05) is 11.9 Å². The van der Waals surface area contributed by atoms with Crippen molar-refractivity contribution in [2.45, 2.75) is 38.8 Å². The van der Waals surface area contributed by atoms with Crippen molar-refractivity contribution >= 4 is 23.5 Å². The molecule has 0 saturated carbocycles. The Balaban J connectivity index is 2.09. The van der Waals surface area contributed by atoms with Crippen LogP contribution in [0.4, 0.5) is 19.3 Å². The van der Waals surface area contributed by atoms with Gasteiger partial charge in [-0.1, -0.05) is 26.0 Å². The lowest BCUT2D eigenvalue weighted by molar-refractivity contribution is -0.134. The smallest absolute Gasteiger partial charge is 0.387 e. The maximum atomic E-state index is 12.4. The van der Waals surface area contributed by atoms with Gasteiger partial charge >= 0.3 is 12.6 Å². The molecular formula is C16H19F2N3O4. The van der Waals surface area contributed by atoms with E-state index >= 15 is 0 Å². The summed E-state index contributed by atoms with van der Waals surface area (Å²) in [6.45, 7) is -0.0272. The molecule has 136 valence electrons. The van der Waals surface area contributed by atoms with Gasteiger partial charge in [-0.2, -0.15) is 8.78 Å². The summed E-state index contributed by atoms with van der Waals surface area (Å²) in [7, 11) is 0. The fourth-order valence-corrected chi connectivity index (χ4v) is 2.65. The van der Waals surface area contributed by atoms with Crippen molar-refractivity contribution in [2.24, 2.45) is 0 Å². The Hall–Kier alpha value is -2.71. The molecule has 1 aromatic rings. The number of halogens is 2. The largest absolute Gasteiger partial charge is 0.433 e. The number of hydrogen-bond acceptors (Lipinski definition) is 4. The number of rotatable bonds is 7. The van der Waals surface area contributed by atoms with Gasteiger partial charge in [-0.05, 0) is 25.0 Å². The fraction of sp³-hybridized carbons (Fsp3) is 0.438. The van der Waals surface area contributed by atoms with Crippen molar-refractivity contribution in [1.82, 2.24) is 10.2 Å². The monoisotopic (exact) mass is 355 g/mol. The van der Waals surface area contributed by atoms with Gasteiger partial charge in [0.1, 0.15) is 17.8 Å². The SMILES string of the molecule is CCC1(CC)NC(=O)N(CC(=O)Nc2ccccc2OC(F)F)C1=O. The van der Waals surface area contributed by atoms with Crippen molar-refractivity contribution in [3.63, 3.8) is 0 Å². The number of nitrogens with zero attached hydrogens (tertiary/aromatic N) is 1. The van der Waals surface area contributed by atoms with E-state index in [4.69, 9.17) is 0 Å². The van der Waals surface area contributed by atoms with E-state index in [1.165, 1.54) is 24.3 Å². The average molecular weight is 355 g/mol. The van der Waals surface area contributed by atoms with Crippen LogP contribution in [0, 0.1) is 0 Å². The normalized spacial score (nSPS) is 16.1. The molecule has 1 aromatic carbocycles. The zero-order valence-electron chi connectivity index (χ0n) is 13.8. The van der Waals surface area contributed by atoms with Crippen LogP contribution in [0.2, 0.25) is 0 Å². The third kappa shape index (κ3) is 3.86. The van der Waals surface area contributed by atoms with Crippen LogP contribution < -0.4 is 15.4 Å². The molecule has 0 atom stereocenters. The Bertz CT molecular complexity index is 677. The second-order valence-electron chi connectivity index (χ2n) is 5.53. The Labute approximate surface area is 143 Å². The number of urea groups is 1. The lowest BCUT2D eigenvalue weighted by Crippen LogP contribution is -2.46. The zero-order chi connectivity index (χ0) is 18.6. The minimum atomic E-state index is -3.04. The molecule has 0 spiro atoms. The Morgan fingerprint density at radius 2 is 1.92 bits per heavy atom.